The molecule has 0 amide bonds. The molecule has 7 heteroatoms. The van der Waals surface area contributed by atoms with Crippen LogP contribution in [0.25, 0.3) is 0 Å². The van der Waals surface area contributed by atoms with Crippen molar-refractivity contribution >= 4 is 11.8 Å². The average molecular weight is 276 g/mol. The topological polar surface area (TPSA) is 81.7 Å². The van der Waals surface area contributed by atoms with Crippen molar-refractivity contribution in [2.45, 2.75) is 23.3 Å². The third-order valence-corrected chi connectivity index (χ3v) is 4.60. The minimum absolute atomic E-state index is 0.125. The predicted octanol–water partition coefficient (Wildman–Crippen LogP) is 0.474. The van der Waals surface area contributed by atoms with Gasteiger partial charge in [0.25, 0.3) is 0 Å². The summed E-state index contributed by atoms with van der Waals surface area (Å²) in [7, 11) is 1.77. The maximum atomic E-state index is 5.72. The zero-order valence-corrected chi connectivity index (χ0v) is 11.5. The van der Waals surface area contributed by atoms with E-state index in [2.05, 4.69) is 45.1 Å². The van der Waals surface area contributed by atoms with E-state index in [-0.39, 0.29) is 6.04 Å². The van der Waals surface area contributed by atoms with Crippen LogP contribution in [0.4, 0.5) is 0 Å². The van der Waals surface area contributed by atoms with Crippen LogP contribution in [0.5, 0.6) is 0 Å². The van der Waals surface area contributed by atoms with Gasteiger partial charge in [0, 0.05) is 29.0 Å². The van der Waals surface area contributed by atoms with Crippen LogP contribution in [-0.2, 0) is 13.5 Å². The van der Waals surface area contributed by atoms with Gasteiger partial charge in [0.05, 0.1) is 7.05 Å². The summed E-state index contributed by atoms with van der Waals surface area (Å²) in [6.07, 6.45) is 0.684. The Bertz CT molecular complexity index is 569. The maximum Gasteiger partial charge on any atom is 0.176 e. The highest BCUT2D eigenvalue weighted by atomic mass is 32.2. The van der Waals surface area contributed by atoms with Crippen molar-refractivity contribution in [3.05, 3.63) is 35.7 Å². The van der Waals surface area contributed by atoms with Crippen LogP contribution in [-0.4, -0.2) is 32.0 Å². The quantitative estimate of drug-likeness (QED) is 0.624. The van der Waals surface area contributed by atoms with Gasteiger partial charge in [0.15, 0.2) is 5.82 Å². The third kappa shape index (κ3) is 2.49. The van der Waals surface area contributed by atoms with Crippen LogP contribution in [0.1, 0.15) is 17.3 Å². The fraction of sp³-hybridized carbons (Fsp3) is 0.417. The summed E-state index contributed by atoms with van der Waals surface area (Å²) in [4.78, 5) is 2.82. The Morgan fingerprint density at radius 2 is 2.37 bits per heavy atom. The van der Waals surface area contributed by atoms with Crippen LogP contribution in [0.15, 0.2) is 29.2 Å². The Kier molecular flexibility index (Phi) is 3.50. The Labute approximate surface area is 115 Å². The molecule has 3 rings (SSSR count). The van der Waals surface area contributed by atoms with Gasteiger partial charge in [-0.25, -0.2) is 0 Å². The highest BCUT2D eigenvalue weighted by Gasteiger charge is 2.30. The summed E-state index contributed by atoms with van der Waals surface area (Å²) >= 11 is 1.88. The number of nitrogens with one attached hydrogen (secondary N) is 1. The standard InChI is InChI=1S/C12H16N6S/c1-18-16-12(15-17-18)6-10(14-13)9-7-19-11-5-3-2-4-8(9)11/h2-5,9-10,14H,6-7,13H2,1H3. The molecule has 0 bridgehead atoms. The fourth-order valence-electron chi connectivity index (χ4n) is 2.44. The van der Waals surface area contributed by atoms with Crippen molar-refractivity contribution in [1.82, 2.24) is 25.6 Å². The van der Waals surface area contributed by atoms with Gasteiger partial charge in [-0.05, 0) is 16.8 Å². The second-order valence-electron chi connectivity index (χ2n) is 4.63. The first-order valence-electron chi connectivity index (χ1n) is 6.18. The van der Waals surface area contributed by atoms with Gasteiger partial charge in [-0.15, -0.1) is 22.0 Å². The van der Waals surface area contributed by atoms with E-state index in [9.17, 15) is 0 Å². The zero-order valence-electron chi connectivity index (χ0n) is 10.7. The van der Waals surface area contributed by atoms with Gasteiger partial charge < -0.3 is 0 Å². The fourth-order valence-corrected chi connectivity index (χ4v) is 3.77. The minimum Gasteiger partial charge on any atom is -0.271 e. The molecule has 6 nitrogen and oxygen atoms in total. The Morgan fingerprint density at radius 3 is 3.11 bits per heavy atom. The molecule has 3 N–H and O–H groups in total. The summed E-state index contributed by atoms with van der Waals surface area (Å²) < 4.78 is 0. The van der Waals surface area contributed by atoms with Crippen molar-refractivity contribution in [2.24, 2.45) is 12.9 Å². The lowest BCUT2D eigenvalue weighted by atomic mass is 9.91. The van der Waals surface area contributed by atoms with Crippen molar-refractivity contribution in [1.29, 1.82) is 0 Å². The first-order chi connectivity index (χ1) is 9.28. The number of tetrazole rings is 1. The highest BCUT2D eigenvalue weighted by Crippen LogP contribution is 2.41. The molecule has 1 aliphatic rings. The van der Waals surface area contributed by atoms with Gasteiger partial charge in [-0.3, -0.25) is 11.3 Å². The molecule has 2 unspecified atom stereocenters. The van der Waals surface area contributed by atoms with Gasteiger partial charge in [-0.2, -0.15) is 4.80 Å². The molecule has 100 valence electrons. The van der Waals surface area contributed by atoms with Crippen molar-refractivity contribution in [3.8, 4) is 0 Å². The number of hydrazine groups is 1. The number of aromatic nitrogens is 4. The Balaban J connectivity index is 1.80. The monoisotopic (exact) mass is 276 g/mol. The lowest BCUT2D eigenvalue weighted by Crippen LogP contribution is -2.41. The lowest BCUT2D eigenvalue weighted by Gasteiger charge is -2.21. The number of benzene rings is 1. The van der Waals surface area contributed by atoms with E-state index in [4.69, 9.17) is 5.84 Å². The summed E-state index contributed by atoms with van der Waals surface area (Å²) in [6, 6.07) is 8.61. The number of nitrogens with zero attached hydrogens (tertiary/aromatic N) is 4. The first kappa shape index (κ1) is 12.6. The molecule has 1 aromatic heterocycles. The number of hydrogen-bond acceptors (Lipinski definition) is 6. The minimum atomic E-state index is 0.125. The van der Waals surface area contributed by atoms with Crippen LogP contribution < -0.4 is 11.3 Å². The first-order valence-corrected chi connectivity index (χ1v) is 7.17. The predicted molar refractivity (Wildman–Crippen MR) is 73.5 cm³/mol. The third-order valence-electron chi connectivity index (χ3n) is 3.39. The molecule has 0 saturated carbocycles. The Hall–Kier alpha value is -1.44. The van der Waals surface area contributed by atoms with E-state index in [1.165, 1.54) is 15.3 Å². The van der Waals surface area contributed by atoms with Gasteiger partial charge >= 0.3 is 0 Å². The van der Waals surface area contributed by atoms with Crippen LogP contribution in [0.3, 0.4) is 0 Å². The van der Waals surface area contributed by atoms with Crippen LogP contribution in [0, 0.1) is 0 Å². The molecule has 0 spiro atoms. The molecule has 0 fully saturated rings. The molecule has 1 aliphatic heterocycles. The molecule has 2 aromatic rings. The van der Waals surface area contributed by atoms with E-state index in [1.807, 2.05) is 11.8 Å². The molecule has 1 aromatic carbocycles. The largest absolute Gasteiger partial charge is 0.271 e. The van der Waals surface area contributed by atoms with E-state index in [0.717, 1.165) is 11.6 Å². The summed E-state index contributed by atoms with van der Waals surface area (Å²) in [5.74, 6) is 7.86. The normalized spacial score (nSPS) is 19.4. The second kappa shape index (κ2) is 5.28. The van der Waals surface area contributed by atoms with E-state index >= 15 is 0 Å². The van der Waals surface area contributed by atoms with Gasteiger partial charge in [-0.1, -0.05) is 18.2 Å². The lowest BCUT2D eigenvalue weighted by molar-refractivity contribution is 0.454. The smallest absolute Gasteiger partial charge is 0.176 e. The van der Waals surface area contributed by atoms with Gasteiger partial charge in [0.2, 0.25) is 0 Å². The molecular weight excluding hydrogens is 260 g/mol. The Morgan fingerprint density at radius 1 is 1.53 bits per heavy atom. The van der Waals surface area contributed by atoms with E-state index in [1.54, 1.807) is 7.05 Å². The summed E-state index contributed by atoms with van der Waals surface area (Å²) in [6.45, 7) is 0. The molecule has 2 heterocycles. The molecule has 19 heavy (non-hydrogen) atoms. The van der Waals surface area contributed by atoms with Crippen LogP contribution in [0.2, 0.25) is 0 Å². The van der Waals surface area contributed by atoms with E-state index in [0.29, 0.717) is 12.3 Å². The number of thioether (sulfide) groups is 1. The number of nitrogens with two attached hydrogens (primary N) is 1. The van der Waals surface area contributed by atoms with Gasteiger partial charge in [0.1, 0.15) is 0 Å². The SMILES string of the molecule is Cn1nnc(CC(NN)C2CSc3ccccc32)n1. The molecule has 0 radical (unpaired) electrons. The number of hydrogen-bond donors (Lipinski definition) is 2. The number of fused-ring (bicyclic) bond motifs is 1. The number of rotatable bonds is 4. The average Bonchev–Trinajstić information content (AvgIpc) is 3.02. The maximum absolute atomic E-state index is 5.72. The van der Waals surface area contributed by atoms with Crippen molar-refractivity contribution in [2.75, 3.05) is 5.75 Å². The number of aryl methyl sites for hydroxylation is 1. The molecule has 2 atom stereocenters. The zero-order chi connectivity index (χ0) is 13.2. The summed E-state index contributed by atoms with van der Waals surface area (Å²) in [5, 5.41) is 12.1. The van der Waals surface area contributed by atoms with Crippen molar-refractivity contribution in [3.63, 3.8) is 0 Å². The summed E-state index contributed by atoms with van der Waals surface area (Å²) in [5.41, 5.74) is 4.27. The van der Waals surface area contributed by atoms with Crippen LogP contribution >= 0.6 is 11.8 Å². The van der Waals surface area contributed by atoms with Crippen molar-refractivity contribution < 1.29 is 0 Å². The highest BCUT2D eigenvalue weighted by molar-refractivity contribution is 7.99. The molecule has 0 saturated heterocycles. The van der Waals surface area contributed by atoms with E-state index < -0.39 is 0 Å². The second-order valence-corrected chi connectivity index (χ2v) is 5.69. The molecule has 0 aliphatic carbocycles. The molecular formula is C12H16N6S.